The number of hydrogen-bond acceptors (Lipinski definition) is 6. The van der Waals surface area contributed by atoms with Crippen molar-refractivity contribution in [3.63, 3.8) is 0 Å². The number of nitrogen functional groups attached to an aromatic ring is 1. The van der Waals surface area contributed by atoms with Crippen LogP contribution in [0.3, 0.4) is 0 Å². The minimum atomic E-state index is 0.557. The van der Waals surface area contributed by atoms with E-state index in [-0.39, 0.29) is 0 Å². The molecule has 0 aliphatic heterocycles. The van der Waals surface area contributed by atoms with Crippen molar-refractivity contribution in [2.24, 2.45) is 11.8 Å². The van der Waals surface area contributed by atoms with E-state index in [2.05, 4.69) is 34.6 Å². The Kier molecular flexibility index (Phi) is 5.80. The van der Waals surface area contributed by atoms with Gasteiger partial charge >= 0.3 is 0 Å². The molecule has 0 bridgehead atoms. The van der Waals surface area contributed by atoms with Crippen LogP contribution in [0.2, 0.25) is 0 Å². The van der Waals surface area contributed by atoms with Crippen LogP contribution in [0.1, 0.15) is 25.2 Å². The molecule has 0 aliphatic carbocycles. The number of rotatable bonds is 7. The van der Waals surface area contributed by atoms with Crippen molar-refractivity contribution in [3.05, 3.63) is 11.4 Å². The van der Waals surface area contributed by atoms with Crippen LogP contribution in [0.25, 0.3) is 0 Å². The number of nitrogens with zero attached hydrogens (tertiary/aromatic N) is 2. The molecule has 0 unspecified atom stereocenters. The Balaban J connectivity index is 2.49. The predicted molar refractivity (Wildman–Crippen MR) is 73.5 cm³/mol. The third kappa shape index (κ3) is 4.46. The molecule has 6 heteroatoms. The lowest BCUT2D eigenvalue weighted by Gasteiger charge is -2.13. The molecule has 0 saturated heterocycles. The molecule has 0 amide bonds. The summed E-state index contributed by atoms with van der Waals surface area (Å²) in [6, 6.07) is 0. The quantitative estimate of drug-likeness (QED) is 0.387. The predicted octanol–water partition coefficient (Wildman–Crippen LogP) is 1.46. The second-order valence-electron chi connectivity index (χ2n) is 4.63. The number of hydrogen-bond donors (Lipinski definition) is 3. The van der Waals surface area contributed by atoms with Crippen molar-refractivity contribution in [2.45, 2.75) is 27.7 Å². The van der Waals surface area contributed by atoms with Crippen molar-refractivity contribution in [1.82, 2.24) is 9.97 Å². The van der Waals surface area contributed by atoms with Gasteiger partial charge < -0.3 is 15.5 Å². The van der Waals surface area contributed by atoms with E-state index in [4.69, 9.17) is 10.6 Å². The molecule has 6 nitrogen and oxygen atoms in total. The molecule has 18 heavy (non-hydrogen) atoms. The highest BCUT2D eigenvalue weighted by Crippen LogP contribution is 2.18. The summed E-state index contributed by atoms with van der Waals surface area (Å²) in [5, 5.41) is 3.23. The van der Waals surface area contributed by atoms with E-state index in [1.165, 1.54) is 0 Å². The minimum absolute atomic E-state index is 0.557. The van der Waals surface area contributed by atoms with E-state index in [9.17, 15) is 0 Å². The second kappa shape index (κ2) is 7.13. The Bertz CT molecular complexity index is 381. The van der Waals surface area contributed by atoms with Crippen molar-refractivity contribution >= 4 is 11.6 Å². The van der Waals surface area contributed by atoms with Gasteiger partial charge in [-0.1, -0.05) is 13.8 Å². The molecule has 102 valence electrons. The van der Waals surface area contributed by atoms with Gasteiger partial charge in [0.1, 0.15) is 17.5 Å². The van der Waals surface area contributed by atoms with Crippen LogP contribution in [-0.2, 0) is 4.74 Å². The Labute approximate surface area is 108 Å². The molecular formula is C12H23N5O. The molecular weight excluding hydrogens is 230 g/mol. The Hall–Kier alpha value is -1.40. The highest BCUT2D eigenvalue weighted by molar-refractivity contribution is 5.56. The second-order valence-corrected chi connectivity index (χ2v) is 4.63. The van der Waals surface area contributed by atoms with Crippen LogP contribution in [0.15, 0.2) is 0 Å². The molecule has 1 heterocycles. The number of ether oxygens (including phenoxy) is 1. The maximum atomic E-state index is 5.50. The lowest BCUT2D eigenvalue weighted by Crippen LogP contribution is -2.17. The molecule has 0 saturated carbocycles. The maximum absolute atomic E-state index is 5.50. The van der Waals surface area contributed by atoms with Crippen LogP contribution >= 0.6 is 0 Å². The zero-order valence-electron chi connectivity index (χ0n) is 11.6. The number of nitrogens with two attached hydrogens (primary N) is 1. The van der Waals surface area contributed by atoms with Gasteiger partial charge in [0.25, 0.3) is 0 Å². The highest BCUT2D eigenvalue weighted by Gasteiger charge is 2.07. The van der Waals surface area contributed by atoms with Crippen molar-refractivity contribution in [1.29, 1.82) is 0 Å². The van der Waals surface area contributed by atoms with Gasteiger partial charge in [0, 0.05) is 18.7 Å². The standard InChI is InChI=1S/C12H23N5O/c1-8(2)7-18-6-5-14-11-9(3)12(17-13)16-10(4)15-11/h8H,5-7,13H2,1-4H3,(H2,14,15,16,17). The van der Waals surface area contributed by atoms with Gasteiger partial charge in [0.15, 0.2) is 0 Å². The van der Waals surface area contributed by atoms with E-state index < -0.39 is 0 Å². The summed E-state index contributed by atoms with van der Waals surface area (Å²) in [6.07, 6.45) is 0. The Morgan fingerprint density at radius 3 is 2.50 bits per heavy atom. The number of anilines is 2. The summed E-state index contributed by atoms with van der Waals surface area (Å²) in [5.74, 6) is 8.08. The van der Waals surface area contributed by atoms with Crippen LogP contribution in [0, 0.1) is 19.8 Å². The fourth-order valence-corrected chi connectivity index (χ4v) is 1.50. The van der Waals surface area contributed by atoms with Crippen molar-refractivity contribution in [2.75, 3.05) is 30.5 Å². The molecule has 1 aromatic heterocycles. The molecule has 4 N–H and O–H groups in total. The van der Waals surface area contributed by atoms with Crippen LogP contribution in [0.4, 0.5) is 11.6 Å². The first-order valence-electron chi connectivity index (χ1n) is 6.18. The molecule has 1 aromatic rings. The average Bonchev–Trinajstić information content (AvgIpc) is 2.32. The van der Waals surface area contributed by atoms with Gasteiger partial charge in [0.2, 0.25) is 0 Å². The zero-order valence-corrected chi connectivity index (χ0v) is 11.6. The molecule has 0 aromatic carbocycles. The van der Waals surface area contributed by atoms with Gasteiger partial charge in [-0.3, -0.25) is 0 Å². The molecule has 0 radical (unpaired) electrons. The van der Waals surface area contributed by atoms with E-state index >= 15 is 0 Å². The summed E-state index contributed by atoms with van der Waals surface area (Å²) >= 11 is 0. The number of aromatic nitrogens is 2. The summed E-state index contributed by atoms with van der Waals surface area (Å²) < 4.78 is 5.50. The van der Waals surface area contributed by atoms with E-state index in [0.29, 0.717) is 30.7 Å². The van der Waals surface area contributed by atoms with E-state index in [1.807, 2.05) is 13.8 Å². The normalized spacial score (nSPS) is 10.8. The summed E-state index contributed by atoms with van der Waals surface area (Å²) in [5.41, 5.74) is 3.48. The number of hydrazine groups is 1. The van der Waals surface area contributed by atoms with Gasteiger partial charge in [-0.05, 0) is 19.8 Å². The molecule has 0 fully saturated rings. The lowest BCUT2D eigenvalue weighted by molar-refractivity contribution is 0.118. The summed E-state index contributed by atoms with van der Waals surface area (Å²) in [6.45, 7) is 10.2. The maximum Gasteiger partial charge on any atom is 0.148 e. The van der Waals surface area contributed by atoms with Gasteiger partial charge in [-0.15, -0.1) is 0 Å². The SMILES string of the molecule is Cc1nc(NN)c(C)c(NCCOCC(C)C)n1. The lowest BCUT2D eigenvalue weighted by atomic mass is 10.2. The first kappa shape index (κ1) is 14.7. The minimum Gasteiger partial charge on any atom is -0.379 e. The van der Waals surface area contributed by atoms with Crippen LogP contribution in [-0.4, -0.2) is 29.7 Å². The molecule has 0 aliphatic rings. The summed E-state index contributed by atoms with van der Waals surface area (Å²) in [4.78, 5) is 8.54. The Morgan fingerprint density at radius 2 is 1.89 bits per heavy atom. The van der Waals surface area contributed by atoms with Crippen LogP contribution in [0.5, 0.6) is 0 Å². The van der Waals surface area contributed by atoms with Crippen molar-refractivity contribution < 1.29 is 4.74 Å². The average molecular weight is 253 g/mol. The fourth-order valence-electron chi connectivity index (χ4n) is 1.50. The van der Waals surface area contributed by atoms with E-state index in [0.717, 1.165) is 18.0 Å². The Morgan fingerprint density at radius 1 is 1.22 bits per heavy atom. The van der Waals surface area contributed by atoms with Gasteiger partial charge in [-0.25, -0.2) is 15.8 Å². The smallest absolute Gasteiger partial charge is 0.148 e. The third-order valence-electron chi connectivity index (χ3n) is 2.38. The fraction of sp³-hybridized carbons (Fsp3) is 0.667. The zero-order chi connectivity index (χ0) is 13.5. The first-order chi connectivity index (χ1) is 8.54. The first-order valence-corrected chi connectivity index (χ1v) is 6.18. The highest BCUT2D eigenvalue weighted by atomic mass is 16.5. The van der Waals surface area contributed by atoms with Gasteiger partial charge in [0.05, 0.1) is 6.61 Å². The van der Waals surface area contributed by atoms with Gasteiger partial charge in [-0.2, -0.15) is 0 Å². The van der Waals surface area contributed by atoms with E-state index in [1.54, 1.807) is 0 Å². The molecule has 0 spiro atoms. The topological polar surface area (TPSA) is 85.1 Å². The molecule has 0 atom stereocenters. The largest absolute Gasteiger partial charge is 0.379 e. The monoisotopic (exact) mass is 253 g/mol. The third-order valence-corrected chi connectivity index (χ3v) is 2.38. The number of aryl methyl sites for hydroxylation is 1. The van der Waals surface area contributed by atoms with Crippen molar-refractivity contribution in [3.8, 4) is 0 Å². The van der Waals surface area contributed by atoms with Crippen LogP contribution < -0.4 is 16.6 Å². The number of nitrogens with one attached hydrogen (secondary N) is 2. The summed E-state index contributed by atoms with van der Waals surface area (Å²) in [7, 11) is 0. The molecule has 1 rings (SSSR count).